The van der Waals surface area contributed by atoms with Crippen LogP contribution in [-0.4, -0.2) is 71.1 Å². The van der Waals surface area contributed by atoms with E-state index in [4.69, 9.17) is 9.47 Å². The summed E-state index contributed by atoms with van der Waals surface area (Å²) in [5.41, 5.74) is 0. The number of hydrogen-bond donors (Lipinski definition) is 0. The molecule has 0 amide bonds. The zero-order valence-electron chi connectivity index (χ0n) is 10.6. The van der Waals surface area contributed by atoms with Crippen molar-refractivity contribution in [3.05, 3.63) is 0 Å². The summed E-state index contributed by atoms with van der Waals surface area (Å²) < 4.78 is 39.9. The van der Waals surface area contributed by atoms with E-state index in [1.807, 2.05) is 0 Å². The maximum absolute atomic E-state index is 12.1. The predicted octanol–water partition coefficient (Wildman–Crippen LogP) is -0.773. The highest BCUT2D eigenvalue weighted by Crippen LogP contribution is 2.15. The van der Waals surface area contributed by atoms with Gasteiger partial charge in [0.1, 0.15) is 6.04 Å². The van der Waals surface area contributed by atoms with Gasteiger partial charge in [0.15, 0.2) is 0 Å². The molecule has 1 saturated heterocycles. The third-order valence-electron chi connectivity index (χ3n) is 2.66. The van der Waals surface area contributed by atoms with Crippen LogP contribution in [0, 0.1) is 0 Å². The van der Waals surface area contributed by atoms with Crippen LogP contribution in [0.5, 0.6) is 0 Å². The highest BCUT2D eigenvalue weighted by Gasteiger charge is 2.37. The minimum Gasteiger partial charge on any atom is -0.468 e. The molecule has 0 aromatic heterocycles. The molecule has 0 aromatic carbocycles. The number of carbonyl (C=O) groups is 1. The molecule has 1 rings (SSSR count). The first-order chi connectivity index (χ1) is 8.53. The zero-order valence-corrected chi connectivity index (χ0v) is 11.4. The van der Waals surface area contributed by atoms with E-state index in [0.29, 0.717) is 13.0 Å². The Hall–Kier alpha value is -0.700. The van der Waals surface area contributed by atoms with Crippen molar-refractivity contribution in [3.8, 4) is 0 Å². The smallest absolute Gasteiger partial charge is 0.326 e. The van der Waals surface area contributed by atoms with Gasteiger partial charge in [0.25, 0.3) is 0 Å². The number of hydrogen-bond acceptors (Lipinski definition) is 6. The summed E-state index contributed by atoms with van der Waals surface area (Å²) in [7, 11) is -0.746. The van der Waals surface area contributed by atoms with E-state index in [9.17, 15) is 13.2 Å². The number of nitrogens with zero attached hydrogens (tertiary/aromatic N) is 1. The Labute approximate surface area is 107 Å². The van der Waals surface area contributed by atoms with Crippen LogP contribution >= 0.6 is 0 Å². The number of esters is 1. The zero-order chi connectivity index (χ0) is 13.6. The van der Waals surface area contributed by atoms with E-state index >= 15 is 0 Å². The van der Waals surface area contributed by atoms with Crippen LogP contribution in [0.15, 0.2) is 0 Å². The molecule has 1 aliphatic heterocycles. The van der Waals surface area contributed by atoms with Crippen molar-refractivity contribution in [3.63, 3.8) is 0 Å². The molecule has 0 radical (unpaired) electrons. The number of carbonyl (C=O) groups excluding carboxylic acids is 1. The van der Waals surface area contributed by atoms with Gasteiger partial charge in [-0.2, -0.15) is 4.31 Å². The van der Waals surface area contributed by atoms with E-state index in [0.717, 1.165) is 4.31 Å². The van der Waals surface area contributed by atoms with Crippen molar-refractivity contribution in [1.82, 2.24) is 4.31 Å². The SMILES string of the molecule is COCCCS(=O)(=O)N1CCOCC1C(=O)OC. The lowest BCUT2D eigenvalue weighted by molar-refractivity contribution is -0.149. The maximum Gasteiger partial charge on any atom is 0.326 e. The molecule has 0 spiro atoms. The van der Waals surface area contributed by atoms with E-state index in [-0.39, 0.29) is 25.5 Å². The number of methoxy groups -OCH3 is 2. The molecule has 7 nitrogen and oxygen atoms in total. The Morgan fingerprint density at radius 2 is 2.17 bits per heavy atom. The second kappa shape index (κ2) is 7.03. The summed E-state index contributed by atoms with van der Waals surface area (Å²) in [5, 5.41) is 0. The van der Waals surface area contributed by atoms with Crippen molar-refractivity contribution in [2.24, 2.45) is 0 Å². The topological polar surface area (TPSA) is 82.1 Å². The number of morpholine rings is 1. The molecule has 0 saturated carbocycles. The Balaban J connectivity index is 2.73. The molecule has 1 heterocycles. The van der Waals surface area contributed by atoms with Gasteiger partial charge in [0.05, 0.1) is 26.1 Å². The Morgan fingerprint density at radius 1 is 1.44 bits per heavy atom. The summed E-state index contributed by atoms with van der Waals surface area (Å²) in [6.07, 6.45) is 0.393. The van der Waals surface area contributed by atoms with Gasteiger partial charge in [0.2, 0.25) is 10.0 Å². The molecular formula is C10H19NO6S. The molecule has 18 heavy (non-hydrogen) atoms. The number of sulfonamides is 1. The molecule has 0 N–H and O–H groups in total. The maximum atomic E-state index is 12.1. The Bertz CT molecular complexity index is 369. The van der Waals surface area contributed by atoms with Gasteiger partial charge in [-0.25, -0.2) is 8.42 Å². The molecule has 1 atom stereocenters. The van der Waals surface area contributed by atoms with E-state index in [1.54, 1.807) is 0 Å². The molecule has 0 bridgehead atoms. The molecule has 1 fully saturated rings. The van der Waals surface area contributed by atoms with Crippen LogP contribution in [0.25, 0.3) is 0 Å². The fraction of sp³-hybridized carbons (Fsp3) is 0.900. The van der Waals surface area contributed by atoms with Crippen LogP contribution in [-0.2, 0) is 29.0 Å². The first-order valence-electron chi connectivity index (χ1n) is 5.67. The van der Waals surface area contributed by atoms with Gasteiger partial charge in [-0.1, -0.05) is 0 Å². The van der Waals surface area contributed by atoms with E-state index in [2.05, 4.69) is 4.74 Å². The van der Waals surface area contributed by atoms with Crippen LogP contribution < -0.4 is 0 Å². The van der Waals surface area contributed by atoms with Crippen molar-refractivity contribution in [2.75, 3.05) is 46.3 Å². The first-order valence-corrected chi connectivity index (χ1v) is 7.28. The van der Waals surface area contributed by atoms with Gasteiger partial charge in [-0.05, 0) is 6.42 Å². The quantitative estimate of drug-likeness (QED) is 0.469. The summed E-state index contributed by atoms with van der Waals surface area (Å²) in [4.78, 5) is 11.5. The third kappa shape index (κ3) is 3.91. The number of ether oxygens (including phenoxy) is 3. The fourth-order valence-corrected chi connectivity index (χ4v) is 3.35. The molecule has 106 valence electrons. The molecule has 8 heteroatoms. The summed E-state index contributed by atoms with van der Waals surface area (Å²) >= 11 is 0. The molecule has 0 aliphatic carbocycles. The highest BCUT2D eigenvalue weighted by atomic mass is 32.2. The second-order valence-corrected chi connectivity index (χ2v) is 5.93. The van der Waals surface area contributed by atoms with E-state index < -0.39 is 22.0 Å². The standard InChI is InChI=1S/C10H19NO6S/c1-15-5-3-7-18(13,14)11-4-6-17-8-9(11)10(12)16-2/h9H,3-8H2,1-2H3. The first kappa shape index (κ1) is 15.4. The van der Waals surface area contributed by atoms with Gasteiger partial charge >= 0.3 is 5.97 Å². The van der Waals surface area contributed by atoms with Crippen molar-refractivity contribution >= 4 is 16.0 Å². The average molecular weight is 281 g/mol. The Morgan fingerprint density at radius 3 is 2.78 bits per heavy atom. The molecule has 0 aromatic rings. The summed E-state index contributed by atoms with van der Waals surface area (Å²) in [5.74, 6) is -0.640. The van der Waals surface area contributed by atoms with Crippen molar-refractivity contribution in [1.29, 1.82) is 0 Å². The minimum atomic E-state index is -3.49. The lowest BCUT2D eigenvalue weighted by Crippen LogP contribution is -2.53. The summed E-state index contributed by atoms with van der Waals surface area (Å²) in [6.45, 7) is 0.870. The predicted molar refractivity (Wildman–Crippen MR) is 63.6 cm³/mol. The summed E-state index contributed by atoms with van der Waals surface area (Å²) in [6, 6.07) is -0.878. The second-order valence-electron chi connectivity index (χ2n) is 3.89. The van der Waals surface area contributed by atoms with Gasteiger partial charge in [-0.3, -0.25) is 4.79 Å². The van der Waals surface area contributed by atoms with Crippen LogP contribution in [0.4, 0.5) is 0 Å². The van der Waals surface area contributed by atoms with Gasteiger partial charge in [0, 0.05) is 20.3 Å². The largest absolute Gasteiger partial charge is 0.468 e. The lowest BCUT2D eigenvalue weighted by atomic mass is 10.3. The van der Waals surface area contributed by atoms with Crippen LogP contribution in [0.2, 0.25) is 0 Å². The average Bonchev–Trinajstić information content (AvgIpc) is 2.38. The van der Waals surface area contributed by atoms with Crippen LogP contribution in [0.3, 0.4) is 0 Å². The van der Waals surface area contributed by atoms with Crippen molar-refractivity contribution in [2.45, 2.75) is 12.5 Å². The normalized spacial score (nSPS) is 21.8. The Kier molecular flexibility index (Phi) is 6.00. The highest BCUT2D eigenvalue weighted by molar-refractivity contribution is 7.89. The van der Waals surface area contributed by atoms with Crippen LogP contribution in [0.1, 0.15) is 6.42 Å². The fourth-order valence-electron chi connectivity index (χ4n) is 1.75. The molecular weight excluding hydrogens is 262 g/mol. The van der Waals surface area contributed by atoms with E-state index in [1.165, 1.54) is 14.2 Å². The molecule has 1 unspecified atom stereocenters. The monoisotopic (exact) mass is 281 g/mol. The van der Waals surface area contributed by atoms with Gasteiger partial charge in [-0.15, -0.1) is 0 Å². The minimum absolute atomic E-state index is 0.0379. The van der Waals surface area contributed by atoms with Gasteiger partial charge < -0.3 is 14.2 Å². The lowest BCUT2D eigenvalue weighted by Gasteiger charge is -2.32. The third-order valence-corrected chi connectivity index (χ3v) is 4.62. The molecule has 1 aliphatic rings. The van der Waals surface area contributed by atoms with Crippen molar-refractivity contribution < 1.29 is 27.4 Å². The number of rotatable bonds is 6.